The van der Waals surface area contributed by atoms with Gasteiger partial charge < -0.3 is 9.69 Å². The molecule has 0 saturated carbocycles. The van der Waals surface area contributed by atoms with Gasteiger partial charge in [0.05, 0.1) is 0 Å². The Morgan fingerprint density at radius 1 is 1.50 bits per heavy atom. The summed E-state index contributed by atoms with van der Waals surface area (Å²) >= 11 is 0. The Morgan fingerprint density at radius 2 is 2.29 bits per heavy atom. The molecular formula is C12H23NO. The van der Waals surface area contributed by atoms with Gasteiger partial charge in [0.15, 0.2) is 0 Å². The maximum atomic E-state index is 10.8. The van der Waals surface area contributed by atoms with Gasteiger partial charge in [0.25, 0.3) is 0 Å². The minimum atomic E-state index is 0.328. The number of carbonyl (C=O) groups excluding carboxylic acids is 1. The molecule has 0 spiro atoms. The Labute approximate surface area is 87.7 Å². The molecule has 1 heterocycles. The van der Waals surface area contributed by atoms with Crippen molar-refractivity contribution in [2.45, 2.75) is 46.0 Å². The Morgan fingerprint density at radius 3 is 2.93 bits per heavy atom. The van der Waals surface area contributed by atoms with Crippen LogP contribution >= 0.6 is 0 Å². The molecule has 1 saturated heterocycles. The van der Waals surface area contributed by atoms with Crippen LogP contribution in [-0.4, -0.2) is 30.3 Å². The third-order valence-electron chi connectivity index (χ3n) is 3.07. The summed E-state index contributed by atoms with van der Waals surface area (Å²) in [6, 6.07) is 0. The van der Waals surface area contributed by atoms with Crippen LogP contribution < -0.4 is 0 Å². The van der Waals surface area contributed by atoms with Gasteiger partial charge in [0, 0.05) is 13.0 Å². The average molecular weight is 197 g/mol. The second-order valence-electron chi connectivity index (χ2n) is 4.55. The standard InChI is InChI=1S/C12H23NO/c1-3-5-12-7-9-13(10-12)8-4-6-11(2)14/h12H,3-10H2,1-2H3. The van der Waals surface area contributed by atoms with E-state index in [4.69, 9.17) is 0 Å². The van der Waals surface area contributed by atoms with Crippen LogP contribution in [0.1, 0.15) is 46.0 Å². The van der Waals surface area contributed by atoms with Gasteiger partial charge in [0.2, 0.25) is 0 Å². The van der Waals surface area contributed by atoms with E-state index in [-0.39, 0.29) is 0 Å². The first-order valence-electron chi connectivity index (χ1n) is 5.94. The molecule has 0 amide bonds. The number of carbonyl (C=O) groups is 1. The van der Waals surface area contributed by atoms with E-state index in [2.05, 4.69) is 11.8 Å². The highest BCUT2D eigenvalue weighted by molar-refractivity contribution is 5.75. The summed E-state index contributed by atoms with van der Waals surface area (Å²) in [5.74, 6) is 1.26. The number of hydrogen-bond donors (Lipinski definition) is 0. The number of hydrogen-bond acceptors (Lipinski definition) is 2. The molecule has 82 valence electrons. The zero-order chi connectivity index (χ0) is 10.4. The summed E-state index contributed by atoms with van der Waals surface area (Å²) in [5.41, 5.74) is 0. The van der Waals surface area contributed by atoms with E-state index >= 15 is 0 Å². The van der Waals surface area contributed by atoms with Crippen molar-refractivity contribution in [1.82, 2.24) is 4.90 Å². The van der Waals surface area contributed by atoms with E-state index in [0.717, 1.165) is 25.3 Å². The third-order valence-corrected chi connectivity index (χ3v) is 3.07. The third kappa shape index (κ3) is 4.23. The van der Waals surface area contributed by atoms with Crippen LogP contribution in [0.4, 0.5) is 0 Å². The number of rotatable bonds is 6. The zero-order valence-electron chi connectivity index (χ0n) is 9.59. The van der Waals surface area contributed by atoms with Crippen molar-refractivity contribution in [2.24, 2.45) is 5.92 Å². The quantitative estimate of drug-likeness (QED) is 0.652. The first-order chi connectivity index (χ1) is 6.72. The smallest absolute Gasteiger partial charge is 0.129 e. The first-order valence-corrected chi connectivity index (χ1v) is 5.94. The van der Waals surface area contributed by atoms with Gasteiger partial charge in [0.1, 0.15) is 5.78 Å². The van der Waals surface area contributed by atoms with Crippen molar-refractivity contribution >= 4 is 5.78 Å². The monoisotopic (exact) mass is 197 g/mol. The molecule has 1 unspecified atom stereocenters. The SMILES string of the molecule is CCCC1CCN(CCCC(C)=O)C1. The summed E-state index contributed by atoms with van der Waals surface area (Å²) in [5, 5.41) is 0. The van der Waals surface area contributed by atoms with E-state index in [0.29, 0.717) is 5.78 Å². The molecule has 0 aliphatic carbocycles. The normalized spacial score (nSPS) is 22.9. The van der Waals surface area contributed by atoms with Crippen molar-refractivity contribution in [2.75, 3.05) is 19.6 Å². The van der Waals surface area contributed by atoms with Gasteiger partial charge in [-0.05, 0) is 45.2 Å². The molecule has 1 fully saturated rings. The van der Waals surface area contributed by atoms with Crippen LogP contribution in [0, 0.1) is 5.92 Å². The van der Waals surface area contributed by atoms with Gasteiger partial charge in [-0.1, -0.05) is 13.3 Å². The minimum Gasteiger partial charge on any atom is -0.303 e. The van der Waals surface area contributed by atoms with Crippen LogP contribution in [0.25, 0.3) is 0 Å². The molecule has 2 nitrogen and oxygen atoms in total. The van der Waals surface area contributed by atoms with E-state index in [1.165, 1.54) is 32.4 Å². The molecule has 14 heavy (non-hydrogen) atoms. The lowest BCUT2D eigenvalue weighted by molar-refractivity contribution is -0.117. The minimum absolute atomic E-state index is 0.328. The molecule has 1 aliphatic rings. The second kappa shape index (κ2) is 6.18. The van der Waals surface area contributed by atoms with Gasteiger partial charge in [-0.15, -0.1) is 0 Å². The number of nitrogens with zero attached hydrogens (tertiary/aromatic N) is 1. The number of likely N-dealkylation sites (tertiary alicyclic amines) is 1. The fourth-order valence-corrected chi connectivity index (χ4v) is 2.31. The Hall–Kier alpha value is -0.370. The molecule has 0 bridgehead atoms. The van der Waals surface area contributed by atoms with Crippen LogP contribution in [0.15, 0.2) is 0 Å². The zero-order valence-corrected chi connectivity index (χ0v) is 9.59. The second-order valence-corrected chi connectivity index (χ2v) is 4.55. The maximum absolute atomic E-state index is 10.8. The lowest BCUT2D eigenvalue weighted by Crippen LogP contribution is -2.22. The van der Waals surface area contributed by atoms with Gasteiger partial charge in [-0.3, -0.25) is 0 Å². The van der Waals surface area contributed by atoms with Crippen molar-refractivity contribution in [3.05, 3.63) is 0 Å². The molecule has 2 heteroatoms. The largest absolute Gasteiger partial charge is 0.303 e. The Bertz CT molecular complexity index is 179. The summed E-state index contributed by atoms with van der Waals surface area (Å²) < 4.78 is 0. The summed E-state index contributed by atoms with van der Waals surface area (Å²) in [4.78, 5) is 13.3. The molecular weight excluding hydrogens is 174 g/mol. The summed E-state index contributed by atoms with van der Waals surface area (Å²) in [6.45, 7) is 7.59. The van der Waals surface area contributed by atoms with Crippen LogP contribution in [0.5, 0.6) is 0 Å². The van der Waals surface area contributed by atoms with Gasteiger partial charge >= 0.3 is 0 Å². The molecule has 1 aliphatic heterocycles. The predicted molar refractivity (Wildman–Crippen MR) is 59.4 cm³/mol. The van der Waals surface area contributed by atoms with E-state index in [1.807, 2.05) is 0 Å². The van der Waals surface area contributed by atoms with Crippen molar-refractivity contribution in [1.29, 1.82) is 0 Å². The van der Waals surface area contributed by atoms with Gasteiger partial charge in [-0.25, -0.2) is 0 Å². The first kappa shape index (κ1) is 11.7. The molecule has 0 N–H and O–H groups in total. The molecule has 0 radical (unpaired) electrons. The molecule has 1 rings (SSSR count). The lowest BCUT2D eigenvalue weighted by Gasteiger charge is -2.14. The van der Waals surface area contributed by atoms with Crippen molar-refractivity contribution < 1.29 is 4.79 Å². The van der Waals surface area contributed by atoms with Crippen LogP contribution in [0.3, 0.4) is 0 Å². The van der Waals surface area contributed by atoms with Crippen molar-refractivity contribution in [3.8, 4) is 0 Å². The fraction of sp³-hybridized carbons (Fsp3) is 0.917. The van der Waals surface area contributed by atoms with Crippen LogP contribution in [-0.2, 0) is 4.79 Å². The molecule has 1 atom stereocenters. The van der Waals surface area contributed by atoms with Crippen LogP contribution in [0.2, 0.25) is 0 Å². The Balaban J connectivity index is 2.07. The highest BCUT2D eigenvalue weighted by atomic mass is 16.1. The maximum Gasteiger partial charge on any atom is 0.129 e. The molecule has 0 aromatic carbocycles. The predicted octanol–water partition coefficient (Wildman–Crippen LogP) is 2.48. The van der Waals surface area contributed by atoms with E-state index in [1.54, 1.807) is 6.92 Å². The highest BCUT2D eigenvalue weighted by Gasteiger charge is 2.20. The highest BCUT2D eigenvalue weighted by Crippen LogP contribution is 2.20. The average Bonchev–Trinajstić information content (AvgIpc) is 2.53. The fourth-order valence-electron chi connectivity index (χ4n) is 2.31. The van der Waals surface area contributed by atoms with E-state index < -0.39 is 0 Å². The number of ketones is 1. The Kier molecular flexibility index (Phi) is 5.16. The van der Waals surface area contributed by atoms with Crippen molar-refractivity contribution in [3.63, 3.8) is 0 Å². The van der Waals surface area contributed by atoms with Gasteiger partial charge in [-0.2, -0.15) is 0 Å². The lowest BCUT2D eigenvalue weighted by atomic mass is 10.0. The molecule has 0 aromatic rings. The number of Topliss-reactive ketones (excluding diaryl/α,β-unsaturated/α-hetero) is 1. The summed E-state index contributed by atoms with van der Waals surface area (Å²) in [6.07, 6.45) is 5.87. The summed E-state index contributed by atoms with van der Waals surface area (Å²) in [7, 11) is 0. The molecule has 0 aromatic heterocycles. The van der Waals surface area contributed by atoms with E-state index in [9.17, 15) is 4.79 Å². The topological polar surface area (TPSA) is 20.3 Å².